The second kappa shape index (κ2) is 4.47. The van der Waals surface area contributed by atoms with E-state index in [0.717, 1.165) is 0 Å². The molecule has 0 amide bonds. The summed E-state index contributed by atoms with van der Waals surface area (Å²) in [7, 11) is 2.02. The van der Waals surface area contributed by atoms with E-state index in [2.05, 4.69) is 42.1 Å². The molecule has 0 aliphatic carbocycles. The van der Waals surface area contributed by atoms with E-state index < -0.39 is 0 Å². The van der Waals surface area contributed by atoms with Crippen LogP contribution >= 0.6 is 22.7 Å². The molecule has 2 aromatic rings. The summed E-state index contributed by atoms with van der Waals surface area (Å²) in [6.07, 6.45) is 0. The quantitative estimate of drug-likeness (QED) is 0.857. The van der Waals surface area contributed by atoms with Gasteiger partial charge < -0.3 is 5.32 Å². The van der Waals surface area contributed by atoms with Gasteiger partial charge in [0.2, 0.25) is 0 Å². The Balaban J connectivity index is 2.35. The molecule has 0 radical (unpaired) electrons. The van der Waals surface area contributed by atoms with E-state index in [1.54, 1.807) is 11.3 Å². The molecular weight excluding hydrogens is 222 g/mol. The maximum Gasteiger partial charge on any atom is 0.0676 e. The summed E-state index contributed by atoms with van der Waals surface area (Å²) in [5.41, 5.74) is 2.76. The molecule has 80 valence electrons. The minimum atomic E-state index is 0.355. The first-order valence-electron chi connectivity index (χ1n) is 4.98. The van der Waals surface area contributed by atoms with Crippen LogP contribution in [0.2, 0.25) is 0 Å². The number of hydrogen-bond donors (Lipinski definition) is 1. The summed E-state index contributed by atoms with van der Waals surface area (Å²) in [6.45, 7) is 4.36. The van der Waals surface area contributed by atoms with Gasteiger partial charge in [-0.05, 0) is 54.9 Å². The van der Waals surface area contributed by atoms with Crippen molar-refractivity contribution in [2.45, 2.75) is 19.9 Å². The van der Waals surface area contributed by atoms with Crippen molar-refractivity contribution in [2.75, 3.05) is 7.05 Å². The molecule has 1 atom stereocenters. The predicted molar refractivity (Wildman–Crippen MR) is 69.0 cm³/mol. The second-order valence-electron chi connectivity index (χ2n) is 3.67. The van der Waals surface area contributed by atoms with E-state index in [9.17, 15) is 0 Å². The Labute approximate surface area is 98.8 Å². The fourth-order valence-electron chi connectivity index (χ4n) is 1.66. The normalized spacial score (nSPS) is 13.0. The zero-order chi connectivity index (χ0) is 10.8. The van der Waals surface area contributed by atoms with Crippen molar-refractivity contribution < 1.29 is 0 Å². The van der Waals surface area contributed by atoms with Gasteiger partial charge in [-0.1, -0.05) is 0 Å². The lowest BCUT2D eigenvalue weighted by molar-refractivity contribution is 0.706. The highest BCUT2D eigenvalue weighted by atomic mass is 32.1. The van der Waals surface area contributed by atoms with Gasteiger partial charge in [-0.2, -0.15) is 11.3 Å². The molecule has 2 rings (SSSR count). The van der Waals surface area contributed by atoms with Crippen molar-refractivity contribution in [2.24, 2.45) is 0 Å². The van der Waals surface area contributed by atoms with E-state index >= 15 is 0 Å². The SMILES string of the molecule is CNC(c1ccsc1)c1cc(C)c(C)s1. The van der Waals surface area contributed by atoms with Gasteiger partial charge in [0.25, 0.3) is 0 Å². The Morgan fingerprint density at radius 1 is 1.33 bits per heavy atom. The fourth-order valence-corrected chi connectivity index (χ4v) is 3.52. The average molecular weight is 237 g/mol. The molecule has 0 aliphatic heterocycles. The minimum absolute atomic E-state index is 0.355. The Kier molecular flexibility index (Phi) is 3.24. The standard InChI is InChI=1S/C12H15NS2/c1-8-6-11(15-9(8)2)12(13-3)10-4-5-14-7-10/h4-7,12-13H,1-3H3. The lowest BCUT2D eigenvalue weighted by atomic mass is 10.1. The van der Waals surface area contributed by atoms with E-state index in [-0.39, 0.29) is 0 Å². The van der Waals surface area contributed by atoms with Gasteiger partial charge in [-0.15, -0.1) is 11.3 Å². The van der Waals surface area contributed by atoms with Crippen LogP contribution in [0.4, 0.5) is 0 Å². The molecule has 15 heavy (non-hydrogen) atoms. The topological polar surface area (TPSA) is 12.0 Å². The van der Waals surface area contributed by atoms with Gasteiger partial charge in [0.05, 0.1) is 6.04 Å². The molecule has 3 heteroatoms. The first kappa shape index (κ1) is 10.9. The predicted octanol–water partition coefficient (Wildman–Crippen LogP) is 3.74. The van der Waals surface area contributed by atoms with E-state index in [4.69, 9.17) is 0 Å². The summed E-state index contributed by atoms with van der Waals surface area (Å²) >= 11 is 3.64. The minimum Gasteiger partial charge on any atom is -0.309 e. The number of thiophene rings is 2. The first-order valence-corrected chi connectivity index (χ1v) is 6.74. The third-order valence-corrected chi connectivity index (χ3v) is 4.55. The first-order chi connectivity index (χ1) is 7.22. The molecule has 0 aliphatic rings. The third-order valence-electron chi connectivity index (χ3n) is 2.63. The highest BCUT2D eigenvalue weighted by Gasteiger charge is 2.15. The monoisotopic (exact) mass is 237 g/mol. The van der Waals surface area contributed by atoms with Crippen LogP contribution in [-0.4, -0.2) is 7.05 Å². The number of rotatable bonds is 3. The van der Waals surface area contributed by atoms with Crippen molar-refractivity contribution in [3.63, 3.8) is 0 Å². The average Bonchev–Trinajstić information content (AvgIpc) is 2.80. The summed E-state index contributed by atoms with van der Waals surface area (Å²) in [4.78, 5) is 2.83. The maximum atomic E-state index is 3.38. The van der Waals surface area contributed by atoms with Crippen LogP contribution in [0.25, 0.3) is 0 Å². The molecule has 0 saturated heterocycles. The third kappa shape index (κ3) is 2.14. The Hall–Kier alpha value is -0.640. The molecular formula is C12H15NS2. The van der Waals surface area contributed by atoms with Gasteiger partial charge in [-0.25, -0.2) is 0 Å². The zero-order valence-electron chi connectivity index (χ0n) is 9.20. The Morgan fingerprint density at radius 2 is 2.13 bits per heavy atom. The number of nitrogens with one attached hydrogen (secondary N) is 1. The summed E-state index contributed by atoms with van der Waals surface area (Å²) in [5, 5.41) is 7.72. The van der Waals surface area contributed by atoms with Crippen molar-refractivity contribution in [3.05, 3.63) is 43.8 Å². The number of aryl methyl sites for hydroxylation is 2. The Morgan fingerprint density at radius 3 is 2.60 bits per heavy atom. The van der Waals surface area contributed by atoms with Crippen LogP contribution in [0.3, 0.4) is 0 Å². The second-order valence-corrected chi connectivity index (χ2v) is 5.73. The van der Waals surface area contributed by atoms with Gasteiger partial charge in [0.1, 0.15) is 0 Å². The largest absolute Gasteiger partial charge is 0.309 e. The zero-order valence-corrected chi connectivity index (χ0v) is 10.8. The van der Waals surface area contributed by atoms with Gasteiger partial charge in [-0.3, -0.25) is 0 Å². The highest BCUT2D eigenvalue weighted by Crippen LogP contribution is 2.31. The lowest BCUT2D eigenvalue weighted by Crippen LogP contribution is -2.15. The van der Waals surface area contributed by atoms with Crippen molar-refractivity contribution in [1.82, 2.24) is 5.32 Å². The molecule has 0 saturated carbocycles. The van der Waals surface area contributed by atoms with Crippen LogP contribution in [0.5, 0.6) is 0 Å². The molecule has 1 N–H and O–H groups in total. The molecule has 0 aromatic carbocycles. The van der Waals surface area contributed by atoms with Crippen LogP contribution in [0.15, 0.2) is 22.9 Å². The molecule has 0 fully saturated rings. The van der Waals surface area contributed by atoms with Gasteiger partial charge in [0, 0.05) is 9.75 Å². The van der Waals surface area contributed by atoms with Crippen LogP contribution in [0, 0.1) is 13.8 Å². The molecule has 0 bridgehead atoms. The molecule has 2 aromatic heterocycles. The van der Waals surface area contributed by atoms with Crippen LogP contribution in [-0.2, 0) is 0 Å². The summed E-state index contributed by atoms with van der Waals surface area (Å²) in [6, 6.07) is 4.84. The highest BCUT2D eigenvalue weighted by molar-refractivity contribution is 7.12. The van der Waals surface area contributed by atoms with Crippen molar-refractivity contribution in [3.8, 4) is 0 Å². The number of hydrogen-bond acceptors (Lipinski definition) is 3. The van der Waals surface area contributed by atoms with Crippen molar-refractivity contribution >= 4 is 22.7 Å². The maximum absolute atomic E-state index is 3.38. The lowest BCUT2D eigenvalue weighted by Gasteiger charge is -2.12. The Bertz CT molecular complexity index is 409. The van der Waals surface area contributed by atoms with E-state index in [1.165, 1.54) is 20.9 Å². The smallest absolute Gasteiger partial charge is 0.0676 e. The van der Waals surface area contributed by atoms with Crippen LogP contribution < -0.4 is 5.32 Å². The molecule has 2 heterocycles. The van der Waals surface area contributed by atoms with E-state index in [0.29, 0.717) is 6.04 Å². The van der Waals surface area contributed by atoms with Gasteiger partial charge in [0.15, 0.2) is 0 Å². The molecule has 0 spiro atoms. The van der Waals surface area contributed by atoms with Crippen LogP contribution in [0.1, 0.15) is 26.9 Å². The summed E-state index contributed by atoms with van der Waals surface area (Å²) in [5.74, 6) is 0. The summed E-state index contributed by atoms with van der Waals surface area (Å²) < 4.78 is 0. The van der Waals surface area contributed by atoms with Crippen molar-refractivity contribution in [1.29, 1.82) is 0 Å². The van der Waals surface area contributed by atoms with E-state index in [1.807, 2.05) is 18.4 Å². The van der Waals surface area contributed by atoms with Gasteiger partial charge >= 0.3 is 0 Å². The molecule has 1 unspecified atom stereocenters. The molecule has 1 nitrogen and oxygen atoms in total. The fraction of sp³-hybridized carbons (Fsp3) is 0.333.